The number of nitrogens with one attached hydrogen (secondary N) is 2. The SMILES string of the molecule is N=C(N)c1ccc(NC(C(=O)O)c2ccc3c(c2)OCO3)cc1. The second-order valence-corrected chi connectivity index (χ2v) is 5.02. The topological polar surface area (TPSA) is 118 Å². The second-order valence-electron chi connectivity index (χ2n) is 5.02. The van der Waals surface area contributed by atoms with Gasteiger partial charge in [0, 0.05) is 11.3 Å². The minimum Gasteiger partial charge on any atom is -0.479 e. The molecule has 1 aliphatic rings. The lowest BCUT2D eigenvalue weighted by Crippen LogP contribution is -2.20. The molecule has 0 aliphatic carbocycles. The van der Waals surface area contributed by atoms with Crippen molar-refractivity contribution < 1.29 is 19.4 Å². The van der Waals surface area contributed by atoms with E-state index in [1.54, 1.807) is 42.5 Å². The first-order valence-corrected chi connectivity index (χ1v) is 6.88. The molecule has 0 aromatic heterocycles. The van der Waals surface area contributed by atoms with Crippen molar-refractivity contribution in [2.24, 2.45) is 5.73 Å². The van der Waals surface area contributed by atoms with Gasteiger partial charge in [0.15, 0.2) is 17.5 Å². The third kappa shape index (κ3) is 3.03. The summed E-state index contributed by atoms with van der Waals surface area (Å²) < 4.78 is 10.5. The maximum absolute atomic E-state index is 11.6. The fourth-order valence-corrected chi connectivity index (χ4v) is 2.29. The van der Waals surface area contributed by atoms with Crippen molar-refractivity contribution in [3.8, 4) is 11.5 Å². The van der Waals surface area contributed by atoms with Gasteiger partial charge in [0.05, 0.1) is 0 Å². The molecular formula is C16H15N3O4. The molecule has 0 saturated carbocycles. The highest BCUT2D eigenvalue weighted by Gasteiger charge is 2.23. The number of benzene rings is 2. The quantitative estimate of drug-likeness (QED) is 0.495. The van der Waals surface area contributed by atoms with Crippen LogP contribution in [0.2, 0.25) is 0 Å². The minimum atomic E-state index is -1.01. The summed E-state index contributed by atoms with van der Waals surface area (Å²) in [5.74, 6) is 0.0767. The third-order valence-corrected chi connectivity index (χ3v) is 3.48. The molecular weight excluding hydrogens is 298 g/mol. The van der Waals surface area contributed by atoms with Crippen LogP contribution in [0.25, 0.3) is 0 Å². The summed E-state index contributed by atoms with van der Waals surface area (Å²) in [6.45, 7) is 0.135. The van der Waals surface area contributed by atoms with Crippen LogP contribution in [0.15, 0.2) is 42.5 Å². The zero-order chi connectivity index (χ0) is 16.4. The summed E-state index contributed by atoms with van der Waals surface area (Å²) in [4.78, 5) is 11.6. The van der Waals surface area contributed by atoms with Gasteiger partial charge in [0.2, 0.25) is 6.79 Å². The number of hydrogen-bond donors (Lipinski definition) is 4. The van der Waals surface area contributed by atoms with E-state index in [1.807, 2.05) is 0 Å². The first-order valence-electron chi connectivity index (χ1n) is 6.88. The lowest BCUT2D eigenvalue weighted by Gasteiger charge is -2.17. The number of hydrogen-bond acceptors (Lipinski definition) is 5. The zero-order valence-electron chi connectivity index (χ0n) is 12.1. The number of nitrogens with two attached hydrogens (primary N) is 1. The van der Waals surface area contributed by atoms with Crippen LogP contribution in [0.1, 0.15) is 17.2 Å². The summed E-state index contributed by atoms with van der Waals surface area (Å²) in [6, 6.07) is 10.8. The lowest BCUT2D eigenvalue weighted by atomic mass is 10.1. The third-order valence-electron chi connectivity index (χ3n) is 3.48. The number of fused-ring (bicyclic) bond motifs is 1. The number of amidine groups is 1. The molecule has 5 N–H and O–H groups in total. The van der Waals surface area contributed by atoms with Gasteiger partial charge in [-0.1, -0.05) is 6.07 Å². The Labute approximate surface area is 132 Å². The van der Waals surface area contributed by atoms with Crippen molar-refractivity contribution in [1.82, 2.24) is 0 Å². The molecule has 3 rings (SSSR count). The lowest BCUT2D eigenvalue weighted by molar-refractivity contribution is -0.138. The summed E-state index contributed by atoms with van der Waals surface area (Å²) in [7, 11) is 0. The summed E-state index contributed by atoms with van der Waals surface area (Å²) in [5, 5.41) is 19.8. The number of aliphatic carboxylic acids is 1. The summed E-state index contributed by atoms with van der Waals surface area (Å²) >= 11 is 0. The van der Waals surface area contributed by atoms with Crippen molar-refractivity contribution in [3.63, 3.8) is 0 Å². The molecule has 7 nitrogen and oxygen atoms in total. The fourth-order valence-electron chi connectivity index (χ4n) is 2.29. The van der Waals surface area contributed by atoms with Crippen molar-refractivity contribution in [2.45, 2.75) is 6.04 Å². The van der Waals surface area contributed by atoms with Crippen molar-refractivity contribution in [3.05, 3.63) is 53.6 Å². The number of carboxylic acid groups (broad SMARTS) is 1. The normalized spacial score (nSPS) is 13.4. The predicted octanol–water partition coefficient (Wildman–Crippen LogP) is 1.94. The van der Waals surface area contributed by atoms with Crippen LogP contribution < -0.4 is 20.5 Å². The molecule has 0 bridgehead atoms. The van der Waals surface area contributed by atoms with Gasteiger partial charge in [-0.05, 0) is 42.0 Å². The molecule has 0 fully saturated rings. The Kier molecular flexibility index (Phi) is 3.76. The van der Waals surface area contributed by atoms with E-state index >= 15 is 0 Å². The van der Waals surface area contributed by atoms with E-state index in [9.17, 15) is 9.90 Å². The van der Waals surface area contributed by atoms with Crippen molar-refractivity contribution in [1.29, 1.82) is 5.41 Å². The monoisotopic (exact) mass is 313 g/mol. The van der Waals surface area contributed by atoms with Gasteiger partial charge < -0.3 is 25.6 Å². The molecule has 1 heterocycles. The maximum Gasteiger partial charge on any atom is 0.330 e. The van der Waals surface area contributed by atoms with Crippen LogP contribution in [0.5, 0.6) is 11.5 Å². The van der Waals surface area contributed by atoms with Gasteiger partial charge in [-0.2, -0.15) is 0 Å². The molecule has 7 heteroatoms. The van der Waals surface area contributed by atoms with E-state index in [4.69, 9.17) is 20.6 Å². The van der Waals surface area contributed by atoms with E-state index in [0.717, 1.165) is 0 Å². The molecule has 2 aromatic carbocycles. The number of carboxylic acids is 1. The Morgan fingerprint density at radius 2 is 1.87 bits per heavy atom. The Morgan fingerprint density at radius 1 is 1.17 bits per heavy atom. The first kappa shape index (κ1) is 14.7. The Balaban J connectivity index is 1.84. The smallest absolute Gasteiger partial charge is 0.330 e. The van der Waals surface area contributed by atoms with Crippen LogP contribution in [0.3, 0.4) is 0 Å². The first-order chi connectivity index (χ1) is 11.0. The van der Waals surface area contributed by atoms with Gasteiger partial charge in [-0.15, -0.1) is 0 Å². The molecule has 1 unspecified atom stereocenters. The molecule has 118 valence electrons. The average Bonchev–Trinajstić information content (AvgIpc) is 3.00. The second kappa shape index (κ2) is 5.88. The average molecular weight is 313 g/mol. The molecule has 1 atom stereocenters. The minimum absolute atomic E-state index is 0.0397. The number of carbonyl (C=O) groups is 1. The van der Waals surface area contributed by atoms with E-state index in [0.29, 0.717) is 28.3 Å². The van der Waals surface area contributed by atoms with Crippen LogP contribution in [-0.2, 0) is 4.79 Å². The number of nitrogen functional groups attached to an aromatic ring is 1. The maximum atomic E-state index is 11.6. The Morgan fingerprint density at radius 3 is 2.52 bits per heavy atom. The summed E-state index contributed by atoms with van der Waals surface area (Å²) in [6.07, 6.45) is 0. The molecule has 0 spiro atoms. The van der Waals surface area contributed by atoms with E-state index < -0.39 is 12.0 Å². The summed E-state index contributed by atoms with van der Waals surface area (Å²) in [5.41, 5.74) is 7.14. The standard InChI is InChI=1S/C16H15N3O4/c17-15(18)9-1-4-11(5-2-9)19-14(16(20)21)10-3-6-12-13(7-10)23-8-22-12/h1-7,14,19H,8H2,(H3,17,18)(H,20,21). The highest BCUT2D eigenvalue weighted by atomic mass is 16.7. The Hall–Kier alpha value is -3.22. The largest absolute Gasteiger partial charge is 0.479 e. The molecule has 2 aromatic rings. The van der Waals surface area contributed by atoms with E-state index in [1.165, 1.54) is 0 Å². The molecule has 0 amide bonds. The van der Waals surface area contributed by atoms with Crippen LogP contribution >= 0.6 is 0 Å². The molecule has 1 aliphatic heterocycles. The zero-order valence-corrected chi connectivity index (χ0v) is 12.1. The van der Waals surface area contributed by atoms with Gasteiger partial charge in [-0.25, -0.2) is 4.79 Å². The van der Waals surface area contributed by atoms with Crippen LogP contribution in [-0.4, -0.2) is 23.7 Å². The number of ether oxygens (including phenoxy) is 2. The molecule has 0 saturated heterocycles. The van der Waals surface area contributed by atoms with Crippen LogP contribution in [0.4, 0.5) is 5.69 Å². The highest BCUT2D eigenvalue weighted by Crippen LogP contribution is 2.35. The molecule has 0 radical (unpaired) electrons. The highest BCUT2D eigenvalue weighted by molar-refractivity contribution is 5.95. The molecule has 23 heavy (non-hydrogen) atoms. The van der Waals surface area contributed by atoms with E-state index in [2.05, 4.69) is 5.32 Å². The van der Waals surface area contributed by atoms with Crippen LogP contribution in [0, 0.1) is 5.41 Å². The van der Waals surface area contributed by atoms with E-state index in [-0.39, 0.29) is 12.6 Å². The van der Waals surface area contributed by atoms with Crippen molar-refractivity contribution >= 4 is 17.5 Å². The van der Waals surface area contributed by atoms with Crippen molar-refractivity contribution in [2.75, 3.05) is 12.1 Å². The van der Waals surface area contributed by atoms with Gasteiger partial charge >= 0.3 is 5.97 Å². The fraction of sp³-hybridized carbons (Fsp3) is 0.125. The van der Waals surface area contributed by atoms with Gasteiger partial charge in [-0.3, -0.25) is 5.41 Å². The van der Waals surface area contributed by atoms with Gasteiger partial charge in [0.25, 0.3) is 0 Å². The number of rotatable bonds is 5. The Bertz CT molecular complexity index is 758. The van der Waals surface area contributed by atoms with Gasteiger partial charge in [0.1, 0.15) is 5.84 Å². The number of anilines is 1. The predicted molar refractivity (Wildman–Crippen MR) is 84.0 cm³/mol.